The van der Waals surface area contributed by atoms with E-state index in [0.717, 1.165) is 50.5 Å². The van der Waals surface area contributed by atoms with E-state index in [1.807, 2.05) is 0 Å². The summed E-state index contributed by atoms with van der Waals surface area (Å²) in [6.07, 6.45) is 8.03. The van der Waals surface area contributed by atoms with Gasteiger partial charge in [-0.25, -0.2) is 0 Å². The van der Waals surface area contributed by atoms with Crippen molar-refractivity contribution in [1.82, 2.24) is 0 Å². The fourth-order valence-electron chi connectivity index (χ4n) is 6.52. The Morgan fingerprint density at radius 1 is 0.804 bits per heavy atom. The summed E-state index contributed by atoms with van der Waals surface area (Å²) in [4.78, 5) is 11.6. The van der Waals surface area contributed by atoms with E-state index < -0.39 is 22.7 Å². The second kappa shape index (κ2) is 15.8. The third kappa shape index (κ3) is 10.2. The SMILES string of the molecule is COC(=O)CCCCCC[C@H]1[C@@H](O[Si](C)(C)C(C)(C)C)CC(O[Si](C)(C)C(C)(C)C)[C@@H]1CCC(O)c1ccc2cc(C)ccc2c1. The van der Waals surface area contributed by atoms with Gasteiger partial charge in [0.05, 0.1) is 25.4 Å². The summed E-state index contributed by atoms with van der Waals surface area (Å²) >= 11 is 0. The van der Waals surface area contributed by atoms with E-state index in [0.29, 0.717) is 24.7 Å². The fraction of sp³-hybridized carbons (Fsp3) is 0.718. The van der Waals surface area contributed by atoms with Crippen molar-refractivity contribution in [1.29, 1.82) is 0 Å². The van der Waals surface area contributed by atoms with Crippen LogP contribution in [0, 0.1) is 18.8 Å². The number of hydrogen-bond donors (Lipinski definition) is 1. The van der Waals surface area contributed by atoms with E-state index in [-0.39, 0.29) is 28.3 Å². The van der Waals surface area contributed by atoms with E-state index in [1.54, 1.807) is 0 Å². The van der Waals surface area contributed by atoms with Crippen molar-refractivity contribution in [3.63, 3.8) is 0 Å². The smallest absolute Gasteiger partial charge is 0.305 e. The number of hydrogen-bond acceptors (Lipinski definition) is 5. The van der Waals surface area contributed by atoms with Gasteiger partial charge in [-0.05, 0) is 110 Å². The van der Waals surface area contributed by atoms with Crippen LogP contribution in [0.5, 0.6) is 0 Å². The number of aryl methyl sites for hydroxylation is 1. The molecule has 260 valence electrons. The molecule has 0 bridgehead atoms. The van der Waals surface area contributed by atoms with Gasteiger partial charge in [0, 0.05) is 6.42 Å². The summed E-state index contributed by atoms with van der Waals surface area (Å²) < 4.78 is 19.4. The van der Waals surface area contributed by atoms with E-state index in [2.05, 4.69) is 111 Å². The molecular formula is C39H66O5Si2. The van der Waals surface area contributed by atoms with Gasteiger partial charge in [0.1, 0.15) is 0 Å². The van der Waals surface area contributed by atoms with Crippen LogP contribution >= 0.6 is 0 Å². The minimum Gasteiger partial charge on any atom is -0.469 e. The van der Waals surface area contributed by atoms with Crippen molar-refractivity contribution in [3.05, 3.63) is 47.5 Å². The molecule has 1 fully saturated rings. The molecule has 0 heterocycles. The van der Waals surface area contributed by atoms with Gasteiger partial charge in [-0.15, -0.1) is 0 Å². The maximum atomic E-state index is 11.6. The molecule has 7 heteroatoms. The Balaban J connectivity index is 1.86. The molecule has 2 aromatic carbocycles. The molecule has 1 N–H and O–H groups in total. The van der Waals surface area contributed by atoms with Gasteiger partial charge in [-0.2, -0.15) is 0 Å². The van der Waals surface area contributed by atoms with E-state index in [1.165, 1.54) is 23.4 Å². The number of esters is 1. The summed E-state index contributed by atoms with van der Waals surface area (Å²) in [5.41, 5.74) is 2.24. The number of unbranched alkanes of at least 4 members (excludes halogenated alkanes) is 3. The highest BCUT2D eigenvalue weighted by Crippen LogP contribution is 2.49. The predicted octanol–water partition coefficient (Wildman–Crippen LogP) is 10.9. The zero-order valence-electron chi connectivity index (χ0n) is 31.3. The van der Waals surface area contributed by atoms with Crippen molar-refractivity contribution in [2.45, 2.75) is 161 Å². The lowest BCUT2D eigenvalue weighted by atomic mass is 9.84. The van der Waals surface area contributed by atoms with Gasteiger partial charge >= 0.3 is 5.97 Å². The number of carbonyl (C=O) groups excluding carboxylic acids is 1. The monoisotopic (exact) mass is 670 g/mol. The van der Waals surface area contributed by atoms with Crippen LogP contribution in [0.3, 0.4) is 0 Å². The number of benzene rings is 2. The zero-order chi connectivity index (χ0) is 34.5. The summed E-state index contributed by atoms with van der Waals surface area (Å²) in [6.45, 7) is 25.6. The molecular weight excluding hydrogens is 605 g/mol. The maximum absolute atomic E-state index is 11.6. The van der Waals surface area contributed by atoms with Gasteiger partial charge in [-0.1, -0.05) is 96.7 Å². The van der Waals surface area contributed by atoms with Crippen molar-refractivity contribution in [3.8, 4) is 0 Å². The number of aliphatic hydroxyl groups is 1. The van der Waals surface area contributed by atoms with E-state index >= 15 is 0 Å². The van der Waals surface area contributed by atoms with Gasteiger partial charge < -0.3 is 18.7 Å². The lowest BCUT2D eigenvalue weighted by molar-refractivity contribution is -0.140. The number of aliphatic hydroxyl groups excluding tert-OH is 1. The van der Waals surface area contributed by atoms with E-state index in [9.17, 15) is 9.90 Å². The fourth-order valence-corrected chi connectivity index (χ4v) is 9.29. The lowest BCUT2D eigenvalue weighted by Gasteiger charge is -2.40. The largest absolute Gasteiger partial charge is 0.469 e. The van der Waals surface area contributed by atoms with Crippen LogP contribution in [0.2, 0.25) is 36.3 Å². The van der Waals surface area contributed by atoms with Gasteiger partial charge in [0.15, 0.2) is 16.6 Å². The molecule has 2 aromatic rings. The van der Waals surface area contributed by atoms with Crippen molar-refractivity contribution >= 4 is 33.4 Å². The van der Waals surface area contributed by atoms with Crippen LogP contribution in [0.15, 0.2) is 36.4 Å². The Bertz CT molecular complexity index is 1280. The number of rotatable bonds is 15. The van der Waals surface area contributed by atoms with Crippen LogP contribution in [0.4, 0.5) is 0 Å². The molecule has 1 saturated carbocycles. The minimum absolute atomic E-state index is 0.119. The third-order valence-corrected chi connectivity index (χ3v) is 20.6. The Labute approximate surface area is 283 Å². The Hall–Kier alpha value is -1.52. The summed E-state index contributed by atoms with van der Waals surface area (Å²) in [5, 5.41) is 14.2. The molecule has 0 spiro atoms. The molecule has 0 saturated heterocycles. The molecule has 5 nitrogen and oxygen atoms in total. The highest BCUT2D eigenvalue weighted by atomic mass is 28.4. The number of methoxy groups -OCH3 is 1. The second-order valence-electron chi connectivity index (χ2n) is 17.1. The molecule has 2 unspecified atom stereocenters. The average Bonchev–Trinajstić information content (AvgIpc) is 3.25. The summed E-state index contributed by atoms with van der Waals surface area (Å²) in [6, 6.07) is 12.9. The van der Waals surface area contributed by atoms with Crippen LogP contribution < -0.4 is 0 Å². The maximum Gasteiger partial charge on any atom is 0.305 e. The summed E-state index contributed by atoms with van der Waals surface area (Å²) in [5.74, 6) is 0.595. The number of ether oxygens (including phenoxy) is 1. The Kier molecular flexibility index (Phi) is 13.4. The number of carbonyl (C=O) groups is 1. The first-order valence-corrected chi connectivity index (χ1v) is 23.7. The standard InChI is InChI=1S/C39H66O5Si2/c1-28-19-20-30-26-31(22-21-29(30)25-28)34(40)24-23-33-32(17-15-13-14-16-18-37(41)42-8)35(43-45(9,10)38(2,3)4)27-36(33)44-46(11,12)39(5,6)7/h19-22,25-26,32-36,40H,13-18,23-24,27H2,1-12H3/t32-,33-,34?,35+,36?/m1/s1. The first-order chi connectivity index (χ1) is 21.3. The lowest BCUT2D eigenvalue weighted by Crippen LogP contribution is -2.45. The first kappa shape index (κ1) is 38.9. The minimum atomic E-state index is -2.04. The van der Waals surface area contributed by atoms with Crippen LogP contribution in [0.25, 0.3) is 10.8 Å². The summed E-state index contributed by atoms with van der Waals surface area (Å²) in [7, 11) is -2.59. The van der Waals surface area contributed by atoms with Crippen molar-refractivity contribution < 1.29 is 23.5 Å². The Morgan fingerprint density at radius 3 is 1.89 bits per heavy atom. The van der Waals surface area contributed by atoms with Gasteiger partial charge in [0.25, 0.3) is 0 Å². The second-order valence-corrected chi connectivity index (χ2v) is 26.6. The van der Waals surface area contributed by atoms with Crippen molar-refractivity contribution in [2.24, 2.45) is 11.8 Å². The first-order valence-electron chi connectivity index (χ1n) is 17.9. The quantitative estimate of drug-likeness (QED) is 0.116. The van der Waals surface area contributed by atoms with Crippen molar-refractivity contribution in [2.75, 3.05) is 7.11 Å². The molecule has 46 heavy (non-hydrogen) atoms. The highest BCUT2D eigenvalue weighted by Gasteiger charge is 2.51. The molecule has 0 aliphatic heterocycles. The topological polar surface area (TPSA) is 65.0 Å². The third-order valence-electron chi connectivity index (χ3n) is 11.5. The van der Waals surface area contributed by atoms with Crippen LogP contribution in [-0.4, -0.2) is 47.0 Å². The van der Waals surface area contributed by atoms with Crippen LogP contribution in [-0.2, 0) is 18.4 Å². The zero-order valence-corrected chi connectivity index (χ0v) is 33.3. The molecule has 1 aliphatic carbocycles. The van der Waals surface area contributed by atoms with Gasteiger partial charge in [-0.3, -0.25) is 4.79 Å². The molecule has 0 amide bonds. The predicted molar refractivity (Wildman–Crippen MR) is 198 cm³/mol. The molecule has 5 atom stereocenters. The molecule has 0 aromatic heterocycles. The normalized spacial score (nSPS) is 21.9. The van der Waals surface area contributed by atoms with Gasteiger partial charge in [0.2, 0.25) is 0 Å². The Morgan fingerprint density at radius 2 is 1.33 bits per heavy atom. The molecule has 3 rings (SSSR count). The van der Waals surface area contributed by atoms with Crippen LogP contribution in [0.1, 0.15) is 117 Å². The van der Waals surface area contributed by atoms with E-state index in [4.69, 9.17) is 13.6 Å². The molecule has 1 aliphatic rings. The number of fused-ring (bicyclic) bond motifs is 1. The average molecular weight is 671 g/mol. The molecule has 0 radical (unpaired) electrons. The highest BCUT2D eigenvalue weighted by molar-refractivity contribution is 6.74.